The molecule has 0 aromatic carbocycles. The summed E-state index contributed by atoms with van der Waals surface area (Å²) in [6.07, 6.45) is 2.70. The van der Waals surface area contributed by atoms with Crippen LogP contribution in [0.5, 0.6) is 0 Å². The monoisotopic (exact) mass is 168 g/mol. The van der Waals surface area contributed by atoms with Gasteiger partial charge in [0.15, 0.2) is 0 Å². The number of carbonyl (C=O) groups is 2. The Morgan fingerprint density at radius 2 is 1.83 bits per heavy atom. The lowest BCUT2D eigenvalue weighted by molar-refractivity contribution is -0.153. The Kier molecular flexibility index (Phi) is 1.67. The van der Waals surface area contributed by atoms with Gasteiger partial charge in [0.2, 0.25) is 0 Å². The fourth-order valence-corrected chi connectivity index (χ4v) is 2.17. The molecule has 0 bridgehead atoms. The second-order valence-electron chi connectivity index (χ2n) is 3.87. The number of hydrogen-bond acceptors (Lipinski definition) is 3. The van der Waals surface area contributed by atoms with Gasteiger partial charge in [0.25, 0.3) is 0 Å². The number of cyclic esters (lactones) is 2. The highest BCUT2D eigenvalue weighted by Gasteiger charge is 2.46. The van der Waals surface area contributed by atoms with Gasteiger partial charge in [-0.05, 0) is 25.2 Å². The topological polar surface area (TPSA) is 43.4 Å². The molecule has 66 valence electrons. The summed E-state index contributed by atoms with van der Waals surface area (Å²) < 4.78 is 4.58. The third-order valence-corrected chi connectivity index (χ3v) is 2.92. The second-order valence-corrected chi connectivity index (χ2v) is 3.87. The molecule has 1 aliphatic carbocycles. The molecule has 1 heterocycles. The lowest BCUT2D eigenvalue weighted by Gasteiger charge is -2.24. The Morgan fingerprint density at radius 3 is 2.58 bits per heavy atom. The summed E-state index contributed by atoms with van der Waals surface area (Å²) in [6.45, 7) is 2.12. The molecule has 1 saturated carbocycles. The summed E-state index contributed by atoms with van der Waals surface area (Å²) in [4.78, 5) is 22.2. The van der Waals surface area contributed by atoms with Crippen LogP contribution in [-0.4, -0.2) is 11.9 Å². The van der Waals surface area contributed by atoms with Crippen molar-refractivity contribution in [3.63, 3.8) is 0 Å². The molecule has 0 radical (unpaired) electrons. The van der Waals surface area contributed by atoms with Gasteiger partial charge in [0.1, 0.15) is 0 Å². The SMILES string of the molecule is C[C@H]1CCC2C(=O)OC(=O)C2C1. The predicted molar refractivity (Wildman–Crippen MR) is 41.1 cm³/mol. The zero-order valence-electron chi connectivity index (χ0n) is 7.08. The van der Waals surface area contributed by atoms with E-state index in [4.69, 9.17) is 0 Å². The minimum Gasteiger partial charge on any atom is -0.393 e. The lowest BCUT2D eigenvalue weighted by atomic mass is 9.76. The van der Waals surface area contributed by atoms with Crippen LogP contribution in [0.2, 0.25) is 0 Å². The second kappa shape index (κ2) is 2.57. The highest BCUT2D eigenvalue weighted by Crippen LogP contribution is 2.38. The third-order valence-electron chi connectivity index (χ3n) is 2.92. The fraction of sp³-hybridized carbons (Fsp3) is 0.778. The number of fused-ring (bicyclic) bond motifs is 1. The van der Waals surface area contributed by atoms with Crippen LogP contribution in [0.15, 0.2) is 0 Å². The molecule has 0 spiro atoms. The number of ether oxygens (including phenoxy) is 1. The van der Waals surface area contributed by atoms with Gasteiger partial charge in [-0.3, -0.25) is 9.59 Å². The Bertz CT molecular complexity index is 234. The van der Waals surface area contributed by atoms with Crippen molar-refractivity contribution in [2.75, 3.05) is 0 Å². The van der Waals surface area contributed by atoms with E-state index in [2.05, 4.69) is 11.7 Å². The Labute approximate surface area is 71.1 Å². The first-order chi connectivity index (χ1) is 5.68. The van der Waals surface area contributed by atoms with E-state index in [0.29, 0.717) is 5.92 Å². The highest BCUT2D eigenvalue weighted by atomic mass is 16.6. The Morgan fingerprint density at radius 1 is 1.17 bits per heavy atom. The zero-order valence-corrected chi connectivity index (χ0v) is 7.08. The molecule has 3 nitrogen and oxygen atoms in total. The predicted octanol–water partition coefficient (Wildman–Crippen LogP) is 1.12. The molecule has 2 unspecified atom stereocenters. The van der Waals surface area contributed by atoms with Gasteiger partial charge in [-0.25, -0.2) is 0 Å². The van der Waals surface area contributed by atoms with Gasteiger partial charge in [0, 0.05) is 0 Å². The van der Waals surface area contributed by atoms with Crippen molar-refractivity contribution in [3.8, 4) is 0 Å². The molecule has 2 rings (SSSR count). The standard InChI is InChI=1S/C9H12O3/c1-5-2-3-6-7(4-5)9(11)12-8(6)10/h5-7H,2-4H2,1H3/t5-,6?,7?/m0/s1. The average Bonchev–Trinajstić information content (AvgIpc) is 2.28. The summed E-state index contributed by atoms with van der Waals surface area (Å²) >= 11 is 0. The van der Waals surface area contributed by atoms with Crippen LogP contribution < -0.4 is 0 Å². The van der Waals surface area contributed by atoms with Gasteiger partial charge in [0.05, 0.1) is 11.8 Å². The maximum atomic E-state index is 11.1. The van der Waals surface area contributed by atoms with Crippen LogP contribution in [0.1, 0.15) is 26.2 Å². The molecule has 0 aromatic heterocycles. The molecule has 3 heteroatoms. The van der Waals surface area contributed by atoms with Gasteiger partial charge >= 0.3 is 11.9 Å². The molecule has 2 aliphatic rings. The quantitative estimate of drug-likeness (QED) is 0.402. The summed E-state index contributed by atoms with van der Waals surface area (Å²) in [7, 11) is 0. The van der Waals surface area contributed by atoms with Crippen LogP contribution in [0.4, 0.5) is 0 Å². The van der Waals surface area contributed by atoms with Gasteiger partial charge in [-0.15, -0.1) is 0 Å². The van der Waals surface area contributed by atoms with Gasteiger partial charge in [-0.1, -0.05) is 6.92 Å². The summed E-state index contributed by atoms with van der Waals surface area (Å²) in [5.74, 6) is -0.270. The van der Waals surface area contributed by atoms with Crippen molar-refractivity contribution in [1.82, 2.24) is 0 Å². The number of carbonyl (C=O) groups excluding carboxylic acids is 2. The lowest BCUT2D eigenvalue weighted by Crippen LogP contribution is -2.25. The highest BCUT2D eigenvalue weighted by molar-refractivity contribution is 5.96. The van der Waals surface area contributed by atoms with Crippen LogP contribution in [0, 0.1) is 17.8 Å². The van der Waals surface area contributed by atoms with Crippen LogP contribution in [0.25, 0.3) is 0 Å². The summed E-state index contributed by atoms with van der Waals surface area (Å²) in [5.41, 5.74) is 0. The zero-order chi connectivity index (χ0) is 8.72. The smallest absolute Gasteiger partial charge is 0.317 e. The normalized spacial score (nSPS) is 40.9. The summed E-state index contributed by atoms with van der Waals surface area (Å²) in [5, 5.41) is 0. The Hall–Kier alpha value is -0.860. The van der Waals surface area contributed by atoms with E-state index >= 15 is 0 Å². The average molecular weight is 168 g/mol. The van der Waals surface area contributed by atoms with Crippen molar-refractivity contribution in [2.45, 2.75) is 26.2 Å². The third kappa shape index (κ3) is 1.04. The number of hydrogen-bond donors (Lipinski definition) is 0. The van der Waals surface area contributed by atoms with Gasteiger partial charge in [-0.2, -0.15) is 0 Å². The van der Waals surface area contributed by atoms with E-state index in [1.165, 1.54) is 0 Å². The first-order valence-corrected chi connectivity index (χ1v) is 4.44. The number of rotatable bonds is 0. The molecule has 1 aliphatic heterocycles. The van der Waals surface area contributed by atoms with Crippen molar-refractivity contribution in [1.29, 1.82) is 0 Å². The van der Waals surface area contributed by atoms with Crippen LogP contribution in [0.3, 0.4) is 0 Å². The molecule has 2 fully saturated rings. The molecular formula is C9H12O3. The molecular weight excluding hydrogens is 156 g/mol. The first-order valence-electron chi connectivity index (χ1n) is 4.44. The fourth-order valence-electron chi connectivity index (χ4n) is 2.17. The van der Waals surface area contributed by atoms with Crippen LogP contribution in [-0.2, 0) is 14.3 Å². The molecule has 0 aromatic rings. The van der Waals surface area contributed by atoms with E-state index in [0.717, 1.165) is 19.3 Å². The summed E-state index contributed by atoms with van der Waals surface area (Å²) in [6, 6.07) is 0. The maximum Gasteiger partial charge on any atom is 0.317 e. The minimum atomic E-state index is -0.295. The van der Waals surface area contributed by atoms with E-state index < -0.39 is 0 Å². The van der Waals surface area contributed by atoms with E-state index in [1.807, 2.05) is 0 Å². The van der Waals surface area contributed by atoms with Crippen molar-refractivity contribution < 1.29 is 14.3 Å². The van der Waals surface area contributed by atoms with E-state index in [-0.39, 0.29) is 23.8 Å². The van der Waals surface area contributed by atoms with E-state index in [9.17, 15) is 9.59 Å². The molecule has 0 N–H and O–H groups in total. The van der Waals surface area contributed by atoms with Crippen LogP contribution >= 0.6 is 0 Å². The maximum absolute atomic E-state index is 11.1. The van der Waals surface area contributed by atoms with E-state index in [1.54, 1.807) is 0 Å². The molecule has 0 amide bonds. The Balaban J connectivity index is 2.17. The van der Waals surface area contributed by atoms with Crippen molar-refractivity contribution >= 4 is 11.9 Å². The van der Waals surface area contributed by atoms with Crippen molar-refractivity contribution in [3.05, 3.63) is 0 Å². The molecule has 12 heavy (non-hydrogen) atoms. The molecule has 3 atom stereocenters. The minimum absolute atomic E-state index is 0.117. The van der Waals surface area contributed by atoms with Crippen molar-refractivity contribution in [2.24, 2.45) is 17.8 Å². The first kappa shape index (κ1) is 7.77. The van der Waals surface area contributed by atoms with Gasteiger partial charge < -0.3 is 4.74 Å². The number of esters is 2. The largest absolute Gasteiger partial charge is 0.393 e. The molecule has 1 saturated heterocycles.